The summed E-state index contributed by atoms with van der Waals surface area (Å²) in [5.41, 5.74) is 5.54. The number of carbonyl (C=O) groups excluding carboxylic acids is 1. The fraction of sp³-hybridized carbons (Fsp3) is 0.179. The highest BCUT2D eigenvalue weighted by atomic mass is 32.2. The summed E-state index contributed by atoms with van der Waals surface area (Å²) < 4.78 is 25.2. The number of hydrogen-bond donors (Lipinski definition) is 1. The molecule has 0 unspecified atom stereocenters. The van der Waals surface area contributed by atoms with E-state index in [1.54, 1.807) is 42.9 Å². The van der Waals surface area contributed by atoms with E-state index in [-0.39, 0.29) is 23.9 Å². The number of sulfone groups is 1. The van der Waals surface area contributed by atoms with Crippen LogP contribution in [0.4, 0.5) is 0 Å². The summed E-state index contributed by atoms with van der Waals surface area (Å²) in [6.07, 6.45) is 3.43. The summed E-state index contributed by atoms with van der Waals surface area (Å²) in [7, 11) is -3.40. The number of carbonyl (C=O) groups is 1. The highest BCUT2D eigenvalue weighted by Crippen LogP contribution is 2.39. The Balaban J connectivity index is 0.00000304. The Morgan fingerprint density at radius 2 is 1.92 bits per heavy atom. The first-order valence-corrected chi connectivity index (χ1v) is 13.6. The second-order valence-corrected chi connectivity index (χ2v) is 11.6. The molecule has 2 aromatic carbocycles. The Morgan fingerprint density at radius 1 is 1.14 bits per heavy atom. The van der Waals surface area contributed by atoms with Gasteiger partial charge in [0.1, 0.15) is 10.7 Å². The number of fused-ring (bicyclic) bond motifs is 3. The van der Waals surface area contributed by atoms with Gasteiger partial charge in [-0.1, -0.05) is 33.1 Å². The van der Waals surface area contributed by atoms with Gasteiger partial charge in [0, 0.05) is 34.1 Å². The molecule has 1 N–H and O–H groups in total. The van der Waals surface area contributed by atoms with Gasteiger partial charge >= 0.3 is 0 Å². The molecule has 0 aliphatic carbocycles. The molecule has 184 valence electrons. The maximum absolute atomic E-state index is 13.6. The molecular formula is C28H27N3O3S2. The lowest BCUT2D eigenvalue weighted by molar-refractivity contribution is 0.105. The standard InChI is InChI=1S/C27H23N3O3S2.CH4/c1-5-35(32,33)19-8-6-7-18(12-19)21-13-20(25(31)17(4)27-28-9-10-34-27)16(3)24-23(21)22-11-15(2)14-29-26(22)30-24;/h6-14H,4-5H2,1-3H3,(H,29,30);1H4. The van der Waals surface area contributed by atoms with E-state index >= 15 is 0 Å². The van der Waals surface area contributed by atoms with E-state index in [2.05, 4.69) is 21.5 Å². The number of nitrogens with one attached hydrogen (secondary N) is 1. The number of aromatic amines is 1. The fourth-order valence-electron chi connectivity index (χ4n) is 4.31. The number of aromatic nitrogens is 3. The van der Waals surface area contributed by atoms with Crippen molar-refractivity contribution in [2.75, 3.05) is 5.75 Å². The van der Waals surface area contributed by atoms with Crippen LogP contribution in [0.15, 0.2) is 65.6 Å². The van der Waals surface area contributed by atoms with Gasteiger partial charge in [0.05, 0.1) is 21.7 Å². The molecule has 6 nitrogen and oxygen atoms in total. The smallest absolute Gasteiger partial charge is 0.195 e. The van der Waals surface area contributed by atoms with Crippen LogP contribution in [0.5, 0.6) is 0 Å². The van der Waals surface area contributed by atoms with Crippen molar-refractivity contribution >= 4 is 54.5 Å². The molecule has 0 spiro atoms. The van der Waals surface area contributed by atoms with E-state index in [0.717, 1.165) is 33.0 Å². The minimum atomic E-state index is -3.40. The number of thiazole rings is 1. The van der Waals surface area contributed by atoms with Crippen LogP contribution in [0, 0.1) is 13.8 Å². The predicted molar refractivity (Wildman–Crippen MR) is 148 cm³/mol. The largest absolute Gasteiger partial charge is 0.339 e. The average Bonchev–Trinajstić information content (AvgIpc) is 3.52. The Labute approximate surface area is 214 Å². The van der Waals surface area contributed by atoms with Gasteiger partial charge in [0.15, 0.2) is 15.6 Å². The zero-order valence-electron chi connectivity index (χ0n) is 19.5. The third-order valence-electron chi connectivity index (χ3n) is 6.22. The van der Waals surface area contributed by atoms with Gasteiger partial charge in [-0.3, -0.25) is 4.79 Å². The molecule has 0 bridgehead atoms. The minimum Gasteiger partial charge on any atom is -0.339 e. The SMILES string of the molecule is C.C=C(C(=O)c1cc(-c2cccc(S(=O)(=O)CC)c2)c2c([nH]c3ncc(C)cc32)c1C)c1nccs1. The molecule has 36 heavy (non-hydrogen) atoms. The highest BCUT2D eigenvalue weighted by Gasteiger charge is 2.23. The first-order chi connectivity index (χ1) is 16.7. The molecule has 0 amide bonds. The summed E-state index contributed by atoms with van der Waals surface area (Å²) in [6.45, 7) is 9.50. The van der Waals surface area contributed by atoms with Crippen molar-refractivity contribution in [2.24, 2.45) is 0 Å². The van der Waals surface area contributed by atoms with Crippen LogP contribution in [0.3, 0.4) is 0 Å². The molecule has 0 radical (unpaired) electrons. The monoisotopic (exact) mass is 517 g/mol. The van der Waals surface area contributed by atoms with Gasteiger partial charge < -0.3 is 4.98 Å². The van der Waals surface area contributed by atoms with Crippen molar-refractivity contribution in [1.82, 2.24) is 15.0 Å². The Kier molecular flexibility index (Phi) is 6.68. The second kappa shape index (κ2) is 9.44. The van der Waals surface area contributed by atoms with E-state index in [4.69, 9.17) is 0 Å². The van der Waals surface area contributed by atoms with Gasteiger partial charge in [0.2, 0.25) is 0 Å². The first-order valence-electron chi connectivity index (χ1n) is 11.1. The van der Waals surface area contributed by atoms with Crippen molar-refractivity contribution < 1.29 is 13.2 Å². The molecule has 5 rings (SSSR count). The maximum atomic E-state index is 13.6. The lowest BCUT2D eigenvalue weighted by atomic mass is 9.91. The Morgan fingerprint density at radius 3 is 2.61 bits per heavy atom. The molecule has 0 aliphatic rings. The van der Waals surface area contributed by atoms with Gasteiger partial charge in [-0.15, -0.1) is 11.3 Å². The third kappa shape index (κ3) is 4.16. The van der Waals surface area contributed by atoms with E-state index in [1.165, 1.54) is 11.3 Å². The van der Waals surface area contributed by atoms with Crippen LogP contribution in [0.2, 0.25) is 0 Å². The van der Waals surface area contributed by atoms with Crippen LogP contribution in [-0.4, -0.2) is 34.9 Å². The van der Waals surface area contributed by atoms with E-state index < -0.39 is 9.84 Å². The minimum absolute atomic E-state index is 0. The number of H-pyrrole nitrogens is 1. The van der Waals surface area contributed by atoms with Crippen molar-refractivity contribution in [2.45, 2.75) is 33.1 Å². The predicted octanol–water partition coefficient (Wildman–Crippen LogP) is 6.78. The average molecular weight is 518 g/mol. The van der Waals surface area contributed by atoms with Gasteiger partial charge in [0.25, 0.3) is 0 Å². The molecule has 0 aliphatic heterocycles. The normalized spacial score (nSPS) is 11.5. The molecule has 0 saturated carbocycles. The van der Waals surface area contributed by atoms with Crippen LogP contribution in [-0.2, 0) is 9.84 Å². The van der Waals surface area contributed by atoms with Crippen LogP contribution < -0.4 is 0 Å². The first kappa shape index (κ1) is 25.5. The van der Waals surface area contributed by atoms with Crippen molar-refractivity contribution in [3.8, 4) is 11.1 Å². The Bertz CT molecular complexity index is 1750. The zero-order chi connectivity index (χ0) is 24.9. The number of hydrogen-bond acceptors (Lipinski definition) is 6. The number of Topliss-reactive ketones (excluding diaryl/α,β-unsaturated/α-hetero) is 1. The van der Waals surface area contributed by atoms with E-state index in [9.17, 15) is 13.2 Å². The molecule has 5 aromatic rings. The summed E-state index contributed by atoms with van der Waals surface area (Å²) in [6, 6.07) is 10.8. The highest BCUT2D eigenvalue weighted by molar-refractivity contribution is 7.91. The van der Waals surface area contributed by atoms with Crippen molar-refractivity contribution in [3.63, 3.8) is 0 Å². The number of aryl methyl sites for hydroxylation is 2. The van der Waals surface area contributed by atoms with Crippen LogP contribution in [0.1, 0.15) is 40.8 Å². The van der Waals surface area contributed by atoms with E-state index in [1.807, 2.05) is 32.0 Å². The molecule has 0 atom stereocenters. The van der Waals surface area contributed by atoms with Gasteiger partial charge in [-0.25, -0.2) is 18.4 Å². The number of allylic oxidation sites excluding steroid dienone is 1. The molecule has 3 aromatic heterocycles. The topological polar surface area (TPSA) is 92.8 Å². The number of rotatable bonds is 6. The number of pyridine rings is 1. The van der Waals surface area contributed by atoms with Crippen LogP contribution >= 0.6 is 11.3 Å². The van der Waals surface area contributed by atoms with Crippen LogP contribution in [0.25, 0.3) is 38.6 Å². The molecule has 8 heteroatoms. The quantitative estimate of drug-likeness (QED) is 0.198. The summed E-state index contributed by atoms with van der Waals surface area (Å²) >= 11 is 1.36. The van der Waals surface area contributed by atoms with E-state index in [0.29, 0.717) is 27.4 Å². The molecule has 3 heterocycles. The van der Waals surface area contributed by atoms with Crippen molar-refractivity contribution in [1.29, 1.82) is 0 Å². The fourth-order valence-corrected chi connectivity index (χ4v) is 5.85. The molecular weight excluding hydrogens is 490 g/mol. The molecule has 0 fully saturated rings. The number of ketones is 1. The van der Waals surface area contributed by atoms with Crippen molar-refractivity contribution in [3.05, 3.63) is 82.4 Å². The zero-order valence-corrected chi connectivity index (χ0v) is 21.2. The summed E-state index contributed by atoms with van der Waals surface area (Å²) in [5, 5.41) is 4.19. The summed E-state index contributed by atoms with van der Waals surface area (Å²) in [5.74, 6) is -0.214. The lowest BCUT2D eigenvalue weighted by Gasteiger charge is -2.13. The van der Waals surface area contributed by atoms with Gasteiger partial charge in [-0.2, -0.15) is 0 Å². The number of nitrogens with zero attached hydrogens (tertiary/aromatic N) is 2. The second-order valence-electron chi connectivity index (χ2n) is 8.46. The Hall–Kier alpha value is -3.62. The third-order valence-corrected chi connectivity index (χ3v) is 8.78. The summed E-state index contributed by atoms with van der Waals surface area (Å²) in [4.78, 5) is 26.0. The molecule has 0 saturated heterocycles. The maximum Gasteiger partial charge on any atom is 0.195 e. The number of benzene rings is 2. The lowest BCUT2D eigenvalue weighted by Crippen LogP contribution is -2.06. The van der Waals surface area contributed by atoms with Gasteiger partial charge in [-0.05, 0) is 60.4 Å².